The number of alkyl carbamates (subject to hydrolysis) is 1. The molecular formula is C26H32N2O7. The van der Waals surface area contributed by atoms with Gasteiger partial charge < -0.3 is 30.0 Å². The highest BCUT2D eigenvalue weighted by Crippen LogP contribution is 2.44. The Hall–Kier alpha value is -3.43. The van der Waals surface area contributed by atoms with Crippen LogP contribution in [0.3, 0.4) is 0 Å². The zero-order valence-corrected chi connectivity index (χ0v) is 20.4. The van der Waals surface area contributed by atoms with Crippen molar-refractivity contribution >= 4 is 18.0 Å². The summed E-state index contributed by atoms with van der Waals surface area (Å²) in [5, 5.41) is 14.1. The van der Waals surface area contributed by atoms with Gasteiger partial charge in [-0.3, -0.25) is 4.79 Å². The number of carboxylic acids is 1. The summed E-state index contributed by atoms with van der Waals surface area (Å²) in [5.74, 6) is -1.94. The van der Waals surface area contributed by atoms with Crippen molar-refractivity contribution in [3.05, 3.63) is 59.7 Å². The van der Waals surface area contributed by atoms with E-state index in [1.54, 1.807) is 0 Å². The minimum atomic E-state index is -1.21. The van der Waals surface area contributed by atoms with E-state index in [1.165, 1.54) is 7.11 Å². The molecule has 2 atom stereocenters. The molecule has 1 aliphatic carbocycles. The summed E-state index contributed by atoms with van der Waals surface area (Å²) in [6.07, 6.45) is -1.98. The second kappa shape index (κ2) is 11.3. The predicted octanol–water partition coefficient (Wildman–Crippen LogP) is 2.92. The fraction of sp³-hybridized carbons (Fsp3) is 0.423. The third kappa shape index (κ3) is 6.80. The average molecular weight is 485 g/mol. The van der Waals surface area contributed by atoms with Crippen molar-refractivity contribution in [3.8, 4) is 11.1 Å². The molecule has 0 saturated heterocycles. The summed E-state index contributed by atoms with van der Waals surface area (Å²) in [7, 11) is 1.24. The van der Waals surface area contributed by atoms with Crippen LogP contribution in [0.4, 0.5) is 4.79 Å². The predicted molar refractivity (Wildman–Crippen MR) is 129 cm³/mol. The largest absolute Gasteiger partial charge is 0.479 e. The van der Waals surface area contributed by atoms with Crippen LogP contribution in [0, 0.1) is 0 Å². The Bertz CT molecular complexity index is 1020. The van der Waals surface area contributed by atoms with Crippen molar-refractivity contribution in [1.82, 2.24) is 10.6 Å². The molecule has 9 heteroatoms. The molecule has 3 rings (SSSR count). The highest BCUT2D eigenvalue weighted by molar-refractivity contribution is 5.86. The maximum Gasteiger partial charge on any atom is 0.407 e. The van der Waals surface area contributed by atoms with Crippen LogP contribution >= 0.6 is 0 Å². The van der Waals surface area contributed by atoms with Gasteiger partial charge in [-0.25, -0.2) is 9.59 Å². The number of amides is 2. The van der Waals surface area contributed by atoms with Gasteiger partial charge in [0.15, 0.2) is 6.10 Å². The van der Waals surface area contributed by atoms with Crippen LogP contribution in [0.5, 0.6) is 0 Å². The number of hydrogen-bond donors (Lipinski definition) is 3. The molecule has 0 bridgehead atoms. The Morgan fingerprint density at radius 2 is 1.57 bits per heavy atom. The first kappa shape index (κ1) is 26.2. The van der Waals surface area contributed by atoms with Crippen LogP contribution in [0.25, 0.3) is 11.1 Å². The number of methoxy groups -OCH3 is 1. The quantitative estimate of drug-likeness (QED) is 0.474. The zero-order valence-electron chi connectivity index (χ0n) is 20.4. The van der Waals surface area contributed by atoms with Crippen molar-refractivity contribution in [1.29, 1.82) is 0 Å². The number of ether oxygens (including phenoxy) is 3. The van der Waals surface area contributed by atoms with Crippen molar-refractivity contribution in [3.63, 3.8) is 0 Å². The van der Waals surface area contributed by atoms with Crippen LogP contribution in [0.15, 0.2) is 48.5 Å². The van der Waals surface area contributed by atoms with E-state index in [-0.39, 0.29) is 25.7 Å². The van der Waals surface area contributed by atoms with Gasteiger partial charge in [0.05, 0.1) is 18.8 Å². The lowest BCUT2D eigenvalue weighted by Crippen LogP contribution is -2.52. The number of fused-ring (bicyclic) bond motifs is 3. The Kier molecular flexibility index (Phi) is 8.48. The lowest BCUT2D eigenvalue weighted by atomic mass is 9.98. The van der Waals surface area contributed by atoms with Gasteiger partial charge in [-0.05, 0) is 43.0 Å². The topological polar surface area (TPSA) is 123 Å². The van der Waals surface area contributed by atoms with Gasteiger partial charge in [-0.1, -0.05) is 48.5 Å². The van der Waals surface area contributed by atoms with Crippen LogP contribution in [0.2, 0.25) is 0 Å². The third-order valence-electron chi connectivity index (χ3n) is 5.66. The van der Waals surface area contributed by atoms with Crippen LogP contribution in [-0.4, -0.2) is 67.7 Å². The van der Waals surface area contributed by atoms with Gasteiger partial charge in [0.1, 0.15) is 12.6 Å². The summed E-state index contributed by atoms with van der Waals surface area (Å²) in [5.41, 5.74) is 3.81. The number of benzene rings is 2. The average Bonchev–Trinajstić information content (AvgIpc) is 3.13. The minimum Gasteiger partial charge on any atom is -0.479 e. The Morgan fingerprint density at radius 1 is 1.00 bits per heavy atom. The Labute approximate surface area is 204 Å². The minimum absolute atomic E-state index is 0.0963. The first-order valence-electron chi connectivity index (χ1n) is 11.4. The molecule has 0 saturated carbocycles. The van der Waals surface area contributed by atoms with Gasteiger partial charge in [-0.2, -0.15) is 0 Å². The van der Waals surface area contributed by atoms with Crippen molar-refractivity contribution in [2.24, 2.45) is 0 Å². The van der Waals surface area contributed by atoms with Gasteiger partial charge in [0, 0.05) is 13.0 Å². The van der Waals surface area contributed by atoms with Gasteiger partial charge >= 0.3 is 12.1 Å². The normalized spacial score (nSPS) is 14.4. The highest BCUT2D eigenvalue weighted by Gasteiger charge is 2.30. The molecule has 35 heavy (non-hydrogen) atoms. The maximum atomic E-state index is 12.7. The van der Waals surface area contributed by atoms with Crippen molar-refractivity contribution in [2.45, 2.75) is 44.4 Å². The van der Waals surface area contributed by atoms with E-state index in [4.69, 9.17) is 19.3 Å². The second-order valence-corrected chi connectivity index (χ2v) is 9.25. The SMILES string of the molecule is COC(CNC(=O)[C@H](COC(C)(C)C)NC(=O)OCC1c2ccccc2-c2ccccc21)C(=O)O. The molecular weight excluding hydrogens is 452 g/mol. The first-order valence-corrected chi connectivity index (χ1v) is 11.4. The third-order valence-corrected chi connectivity index (χ3v) is 5.66. The van der Waals surface area contributed by atoms with Crippen LogP contribution in [0.1, 0.15) is 37.8 Å². The first-order chi connectivity index (χ1) is 16.6. The van der Waals surface area contributed by atoms with E-state index in [0.29, 0.717) is 0 Å². The number of carbonyl (C=O) groups excluding carboxylic acids is 2. The number of rotatable bonds is 10. The molecule has 0 spiro atoms. The molecule has 0 radical (unpaired) electrons. The zero-order chi connectivity index (χ0) is 25.6. The summed E-state index contributed by atoms with van der Waals surface area (Å²) in [4.78, 5) is 36.5. The van der Waals surface area contributed by atoms with Crippen molar-refractivity contribution < 1.29 is 33.7 Å². The molecule has 0 aromatic heterocycles. The summed E-state index contributed by atoms with van der Waals surface area (Å²) in [6, 6.07) is 14.9. The fourth-order valence-electron chi connectivity index (χ4n) is 3.89. The molecule has 0 aliphatic heterocycles. The van der Waals surface area contributed by atoms with E-state index < -0.39 is 35.7 Å². The monoisotopic (exact) mass is 484 g/mol. The molecule has 1 aliphatic rings. The lowest BCUT2D eigenvalue weighted by molar-refractivity contribution is -0.148. The van der Waals surface area contributed by atoms with Crippen LogP contribution < -0.4 is 10.6 Å². The molecule has 0 heterocycles. The number of aliphatic carboxylic acids is 1. The van der Waals surface area contributed by atoms with Crippen molar-refractivity contribution in [2.75, 3.05) is 26.9 Å². The van der Waals surface area contributed by atoms with Gasteiger partial charge in [0.25, 0.3) is 0 Å². The summed E-state index contributed by atoms with van der Waals surface area (Å²) < 4.78 is 16.1. The lowest BCUT2D eigenvalue weighted by Gasteiger charge is -2.25. The standard InChI is InChI=1S/C26H32N2O7/c1-26(2,3)35-15-21(23(29)27-13-22(33-4)24(30)31)28-25(32)34-14-20-18-11-7-5-9-16(18)17-10-6-8-12-19(17)20/h5-12,20-22H,13-15H2,1-4H3,(H,27,29)(H,28,32)(H,30,31)/t21-,22?/m0/s1. The number of hydrogen-bond acceptors (Lipinski definition) is 6. The van der Waals surface area contributed by atoms with E-state index in [1.807, 2.05) is 69.3 Å². The summed E-state index contributed by atoms with van der Waals surface area (Å²) in [6.45, 7) is 5.17. The van der Waals surface area contributed by atoms with Gasteiger partial charge in [-0.15, -0.1) is 0 Å². The number of carboxylic acid groups (broad SMARTS) is 1. The number of carbonyl (C=O) groups is 3. The second-order valence-electron chi connectivity index (χ2n) is 9.25. The molecule has 188 valence electrons. The highest BCUT2D eigenvalue weighted by atomic mass is 16.6. The molecule has 2 aromatic carbocycles. The molecule has 2 amide bonds. The van der Waals surface area contributed by atoms with E-state index >= 15 is 0 Å². The smallest absolute Gasteiger partial charge is 0.407 e. The fourth-order valence-corrected chi connectivity index (χ4v) is 3.89. The van der Waals surface area contributed by atoms with E-state index in [2.05, 4.69) is 10.6 Å². The summed E-state index contributed by atoms with van der Waals surface area (Å²) >= 11 is 0. The molecule has 2 aromatic rings. The van der Waals surface area contributed by atoms with E-state index in [9.17, 15) is 14.4 Å². The molecule has 0 fully saturated rings. The molecule has 3 N–H and O–H groups in total. The maximum absolute atomic E-state index is 12.7. The van der Waals surface area contributed by atoms with E-state index in [0.717, 1.165) is 22.3 Å². The Morgan fingerprint density at radius 3 is 2.09 bits per heavy atom. The molecule has 1 unspecified atom stereocenters. The number of nitrogens with one attached hydrogen (secondary N) is 2. The molecule has 9 nitrogen and oxygen atoms in total. The van der Waals surface area contributed by atoms with Crippen LogP contribution in [-0.2, 0) is 23.8 Å². The Balaban J connectivity index is 1.65. The van der Waals surface area contributed by atoms with Gasteiger partial charge in [0.2, 0.25) is 5.91 Å².